The van der Waals surface area contributed by atoms with E-state index in [9.17, 15) is 0 Å². The number of rotatable bonds is 8. The van der Waals surface area contributed by atoms with Gasteiger partial charge >= 0.3 is 0 Å². The highest BCUT2D eigenvalue weighted by Gasteiger charge is 2.34. The van der Waals surface area contributed by atoms with E-state index in [4.69, 9.17) is 0 Å². The highest BCUT2D eigenvalue weighted by molar-refractivity contribution is 4.90. The molecule has 2 saturated carbocycles. The molecule has 2 rings (SSSR count). The summed E-state index contributed by atoms with van der Waals surface area (Å²) in [5.41, 5.74) is 0. The van der Waals surface area contributed by atoms with Crippen LogP contribution in [0.1, 0.15) is 59.3 Å². The Labute approximate surface area is 114 Å². The Morgan fingerprint density at radius 3 is 2.56 bits per heavy atom. The van der Waals surface area contributed by atoms with Crippen molar-refractivity contribution >= 4 is 0 Å². The first-order chi connectivity index (χ1) is 8.70. The molecule has 0 spiro atoms. The number of nitrogens with zero attached hydrogens (tertiary/aromatic N) is 1. The van der Waals surface area contributed by atoms with E-state index in [1.165, 1.54) is 51.6 Å². The highest BCUT2D eigenvalue weighted by Crippen LogP contribution is 2.32. The van der Waals surface area contributed by atoms with Gasteiger partial charge in [-0.15, -0.1) is 0 Å². The zero-order chi connectivity index (χ0) is 13.0. The lowest BCUT2D eigenvalue weighted by atomic mass is 10.0. The van der Waals surface area contributed by atoms with Gasteiger partial charge in [0.25, 0.3) is 0 Å². The summed E-state index contributed by atoms with van der Waals surface area (Å²) in [6.45, 7) is 10.8. The molecule has 0 aliphatic heterocycles. The van der Waals surface area contributed by atoms with Gasteiger partial charge in [0.15, 0.2) is 0 Å². The SMILES string of the molecule is CCNC1CCCC1CN(CCC(C)C)C1CC1. The van der Waals surface area contributed by atoms with Crippen LogP contribution in [-0.2, 0) is 0 Å². The van der Waals surface area contributed by atoms with Crippen molar-refractivity contribution in [2.24, 2.45) is 11.8 Å². The second kappa shape index (κ2) is 6.91. The predicted octanol–water partition coefficient (Wildman–Crippen LogP) is 3.28. The molecule has 2 heteroatoms. The van der Waals surface area contributed by atoms with Crippen molar-refractivity contribution in [1.29, 1.82) is 0 Å². The third kappa shape index (κ3) is 4.24. The number of hydrogen-bond acceptors (Lipinski definition) is 2. The Morgan fingerprint density at radius 1 is 1.17 bits per heavy atom. The molecule has 2 atom stereocenters. The van der Waals surface area contributed by atoms with Crippen LogP contribution in [0.5, 0.6) is 0 Å². The van der Waals surface area contributed by atoms with Crippen molar-refractivity contribution in [3.63, 3.8) is 0 Å². The molecule has 0 aromatic rings. The minimum atomic E-state index is 0.801. The highest BCUT2D eigenvalue weighted by atomic mass is 15.2. The Balaban J connectivity index is 1.80. The standard InChI is InChI=1S/C16H32N2/c1-4-17-16-7-5-6-14(16)12-18(15-8-9-15)11-10-13(2)3/h13-17H,4-12H2,1-3H3. The molecule has 2 aliphatic carbocycles. The van der Waals surface area contributed by atoms with Crippen LogP contribution < -0.4 is 5.32 Å². The molecule has 0 saturated heterocycles. The van der Waals surface area contributed by atoms with Gasteiger partial charge in [-0.25, -0.2) is 0 Å². The van der Waals surface area contributed by atoms with Crippen LogP contribution in [0, 0.1) is 11.8 Å². The first kappa shape index (κ1) is 14.3. The molecule has 2 unspecified atom stereocenters. The van der Waals surface area contributed by atoms with Crippen LogP contribution in [0.25, 0.3) is 0 Å². The quantitative estimate of drug-likeness (QED) is 0.713. The molecule has 0 radical (unpaired) electrons. The summed E-state index contributed by atoms with van der Waals surface area (Å²) in [6.07, 6.45) is 8.57. The minimum absolute atomic E-state index is 0.801. The van der Waals surface area contributed by atoms with Crippen molar-refractivity contribution in [2.45, 2.75) is 71.4 Å². The Kier molecular flexibility index (Phi) is 5.50. The van der Waals surface area contributed by atoms with Gasteiger partial charge in [-0.1, -0.05) is 27.2 Å². The van der Waals surface area contributed by atoms with Crippen LogP contribution in [0.4, 0.5) is 0 Å². The van der Waals surface area contributed by atoms with Gasteiger partial charge in [0.2, 0.25) is 0 Å². The number of hydrogen-bond donors (Lipinski definition) is 1. The van der Waals surface area contributed by atoms with E-state index >= 15 is 0 Å². The average Bonchev–Trinajstić information content (AvgIpc) is 3.08. The van der Waals surface area contributed by atoms with Crippen LogP contribution in [0.15, 0.2) is 0 Å². The van der Waals surface area contributed by atoms with E-state index in [1.54, 1.807) is 0 Å². The van der Waals surface area contributed by atoms with Gasteiger partial charge in [0, 0.05) is 18.6 Å². The molecule has 2 fully saturated rings. The van der Waals surface area contributed by atoms with Crippen LogP contribution in [0.3, 0.4) is 0 Å². The summed E-state index contributed by atoms with van der Waals surface area (Å²) < 4.78 is 0. The van der Waals surface area contributed by atoms with E-state index in [2.05, 4.69) is 31.0 Å². The summed E-state index contributed by atoms with van der Waals surface area (Å²) in [7, 11) is 0. The van der Waals surface area contributed by atoms with Crippen molar-refractivity contribution in [3.05, 3.63) is 0 Å². The Morgan fingerprint density at radius 2 is 1.94 bits per heavy atom. The molecule has 2 nitrogen and oxygen atoms in total. The second-order valence-corrected chi connectivity index (χ2v) is 6.76. The fourth-order valence-corrected chi connectivity index (χ4v) is 3.37. The Hall–Kier alpha value is -0.0800. The Bertz CT molecular complexity index is 235. The van der Waals surface area contributed by atoms with Crippen molar-refractivity contribution in [2.75, 3.05) is 19.6 Å². The molecule has 0 aromatic carbocycles. The maximum Gasteiger partial charge on any atom is 0.0107 e. The monoisotopic (exact) mass is 252 g/mol. The summed E-state index contributed by atoms with van der Waals surface area (Å²) in [6, 6.07) is 1.74. The zero-order valence-electron chi connectivity index (χ0n) is 12.6. The zero-order valence-corrected chi connectivity index (χ0v) is 12.6. The maximum absolute atomic E-state index is 3.70. The van der Waals surface area contributed by atoms with E-state index in [0.717, 1.165) is 30.5 Å². The molecule has 0 aromatic heterocycles. The lowest BCUT2D eigenvalue weighted by Crippen LogP contribution is -2.40. The van der Waals surface area contributed by atoms with Gasteiger partial charge < -0.3 is 10.2 Å². The topological polar surface area (TPSA) is 15.3 Å². The molecular formula is C16H32N2. The van der Waals surface area contributed by atoms with E-state index in [0.29, 0.717) is 0 Å². The maximum atomic E-state index is 3.70. The molecule has 1 N–H and O–H groups in total. The molecule has 0 bridgehead atoms. The van der Waals surface area contributed by atoms with Gasteiger partial charge in [0.1, 0.15) is 0 Å². The molecular weight excluding hydrogens is 220 g/mol. The largest absolute Gasteiger partial charge is 0.314 e. The van der Waals surface area contributed by atoms with E-state index < -0.39 is 0 Å². The molecule has 18 heavy (non-hydrogen) atoms. The first-order valence-electron chi connectivity index (χ1n) is 8.18. The lowest BCUT2D eigenvalue weighted by molar-refractivity contribution is 0.196. The fourth-order valence-electron chi connectivity index (χ4n) is 3.37. The van der Waals surface area contributed by atoms with Gasteiger partial charge in [-0.05, 0) is 57.0 Å². The molecule has 106 valence electrons. The predicted molar refractivity (Wildman–Crippen MR) is 78.9 cm³/mol. The third-order valence-electron chi connectivity index (χ3n) is 4.65. The van der Waals surface area contributed by atoms with Crippen molar-refractivity contribution < 1.29 is 0 Å². The molecule has 2 aliphatic rings. The average molecular weight is 252 g/mol. The van der Waals surface area contributed by atoms with Crippen molar-refractivity contribution in [1.82, 2.24) is 10.2 Å². The molecule has 0 amide bonds. The van der Waals surface area contributed by atoms with E-state index in [1.807, 2.05) is 0 Å². The summed E-state index contributed by atoms with van der Waals surface area (Å²) in [5, 5.41) is 3.70. The van der Waals surface area contributed by atoms with Crippen LogP contribution in [0.2, 0.25) is 0 Å². The summed E-state index contributed by atoms with van der Waals surface area (Å²) >= 11 is 0. The van der Waals surface area contributed by atoms with Gasteiger partial charge in [0.05, 0.1) is 0 Å². The summed E-state index contributed by atoms with van der Waals surface area (Å²) in [4.78, 5) is 2.81. The van der Waals surface area contributed by atoms with Crippen LogP contribution in [-0.4, -0.2) is 36.6 Å². The summed E-state index contributed by atoms with van der Waals surface area (Å²) in [5.74, 6) is 1.76. The lowest BCUT2D eigenvalue weighted by Gasteiger charge is -2.29. The molecule has 0 heterocycles. The normalized spacial score (nSPS) is 28.5. The van der Waals surface area contributed by atoms with Gasteiger partial charge in [-0.3, -0.25) is 0 Å². The van der Waals surface area contributed by atoms with Crippen LogP contribution >= 0.6 is 0 Å². The smallest absolute Gasteiger partial charge is 0.0107 e. The minimum Gasteiger partial charge on any atom is -0.314 e. The fraction of sp³-hybridized carbons (Fsp3) is 1.00. The second-order valence-electron chi connectivity index (χ2n) is 6.76. The van der Waals surface area contributed by atoms with E-state index in [-0.39, 0.29) is 0 Å². The van der Waals surface area contributed by atoms with Crippen molar-refractivity contribution in [3.8, 4) is 0 Å². The number of nitrogens with one attached hydrogen (secondary N) is 1. The third-order valence-corrected chi connectivity index (χ3v) is 4.65. The first-order valence-corrected chi connectivity index (χ1v) is 8.18. The van der Waals surface area contributed by atoms with Gasteiger partial charge in [-0.2, -0.15) is 0 Å².